The molecule has 1 aliphatic heterocycles. The third-order valence-electron chi connectivity index (χ3n) is 3.12. The Bertz CT molecular complexity index is 432. The molecule has 1 aromatic rings. The number of piperazine rings is 1. The predicted molar refractivity (Wildman–Crippen MR) is 72.0 cm³/mol. The van der Waals surface area contributed by atoms with Gasteiger partial charge in [0.05, 0.1) is 5.02 Å². The standard InChI is InChI=1S/C12H17ClN2OS/c1-7-6-17-11(10(7)13)12(16)15-5-8(2)14-4-9(15)3/h6,8-9,14H,4-5H2,1-3H3. The minimum Gasteiger partial charge on any atom is -0.332 e. The molecule has 0 spiro atoms. The van der Waals surface area contributed by atoms with Crippen LogP contribution in [-0.2, 0) is 0 Å². The van der Waals surface area contributed by atoms with Crippen molar-refractivity contribution < 1.29 is 4.79 Å². The fourth-order valence-corrected chi connectivity index (χ4v) is 3.24. The highest BCUT2D eigenvalue weighted by Gasteiger charge is 2.29. The van der Waals surface area contributed by atoms with Crippen LogP contribution in [0.3, 0.4) is 0 Å². The first kappa shape index (κ1) is 12.9. The topological polar surface area (TPSA) is 32.3 Å². The molecule has 5 heteroatoms. The number of nitrogens with zero attached hydrogens (tertiary/aromatic N) is 1. The van der Waals surface area contributed by atoms with Crippen molar-refractivity contribution in [2.45, 2.75) is 32.9 Å². The number of thiophene rings is 1. The predicted octanol–water partition coefficient (Wildman–Crippen LogP) is 2.53. The molecule has 3 nitrogen and oxygen atoms in total. The Morgan fingerprint density at radius 2 is 2.29 bits per heavy atom. The lowest BCUT2D eigenvalue weighted by atomic mass is 10.1. The summed E-state index contributed by atoms with van der Waals surface area (Å²) >= 11 is 7.59. The van der Waals surface area contributed by atoms with E-state index < -0.39 is 0 Å². The van der Waals surface area contributed by atoms with E-state index in [1.54, 1.807) is 0 Å². The van der Waals surface area contributed by atoms with Gasteiger partial charge in [0, 0.05) is 25.2 Å². The minimum atomic E-state index is 0.0638. The molecular weight excluding hydrogens is 256 g/mol. The second kappa shape index (κ2) is 4.96. The molecule has 2 unspecified atom stereocenters. The summed E-state index contributed by atoms with van der Waals surface area (Å²) in [4.78, 5) is 15.0. The fraction of sp³-hybridized carbons (Fsp3) is 0.583. The molecule has 1 saturated heterocycles. The Kier molecular flexibility index (Phi) is 3.76. The maximum absolute atomic E-state index is 12.4. The lowest BCUT2D eigenvalue weighted by Gasteiger charge is -2.37. The van der Waals surface area contributed by atoms with Gasteiger partial charge in [-0.2, -0.15) is 0 Å². The Balaban J connectivity index is 2.22. The number of hydrogen-bond acceptors (Lipinski definition) is 3. The highest BCUT2D eigenvalue weighted by molar-refractivity contribution is 7.13. The number of rotatable bonds is 1. The zero-order valence-corrected chi connectivity index (χ0v) is 11.9. The Morgan fingerprint density at radius 3 is 2.88 bits per heavy atom. The van der Waals surface area contributed by atoms with E-state index in [4.69, 9.17) is 11.6 Å². The molecule has 0 radical (unpaired) electrons. The van der Waals surface area contributed by atoms with Crippen molar-refractivity contribution in [2.24, 2.45) is 0 Å². The van der Waals surface area contributed by atoms with E-state index in [1.807, 2.05) is 17.2 Å². The first-order valence-corrected chi connectivity index (χ1v) is 7.04. The van der Waals surface area contributed by atoms with Gasteiger partial charge in [-0.25, -0.2) is 0 Å². The highest BCUT2D eigenvalue weighted by Crippen LogP contribution is 2.29. The SMILES string of the molecule is Cc1csc(C(=O)N2CC(C)NCC2C)c1Cl. The van der Waals surface area contributed by atoms with E-state index in [1.165, 1.54) is 11.3 Å². The number of halogens is 1. The van der Waals surface area contributed by atoms with Crippen LogP contribution in [0.15, 0.2) is 5.38 Å². The molecule has 2 heterocycles. The van der Waals surface area contributed by atoms with Crippen LogP contribution in [0.25, 0.3) is 0 Å². The number of aryl methyl sites for hydroxylation is 1. The highest BCUT2D eigenvalue weighted by atomic mass is 35.5. The first-order chi connectivity index (χ1) is 8.00. The van der Waals surface area contributed by atoms with Crippen molar-refractivity contribution in [1.29, 1.82) is 0 Å². The van der Waals surface area contributed by atoms with Crippen LogP contribution in [0.2, 0.25) is 5.02 Å². The van der Waals surface area contributed by atoms with E-state index in [2.05, 4.69) is 19.2 Å². The summed E-state index contributed by atoms with van der Waals surface area (Å²) in [5.41, 5.74) is 0.982. The van der Waals surface area contributed by atoms with Crippen LogP contribution in [0.4, 0.5) is 0 Å². The summed E-state index contributed by atoms with van der Waals surface area (Å²) in [5.74, 6) is 0.0638. The fourth-order valence-electron chi connectivity index (χ4n) is 2.01. The summed E-state index contributed by atoms with van der Waals surface area (Å²) in [6, 6.07) is 0.562. The Morgan fingerprint density at radius 1 is 1.59 bits per heavy atom. The average Bonchev–Trinajstić information content (AvgIpc) is 2.62. The van der Waals surface area contributed by atoms with Gasteiger partial charge in [0.2, 0.25) is 0 Å². The Labute approximate surface area is 111 Å². The molecule has 94 valence electrons. The molecule has 0 aliphatic carbocycles. The van der Waals surface area contributed by atoms with E-state index >= 15 is 0 Å². The van der Waals surface area contributed by atoms with Gasteiger partial charge in [-0.15, -0.1) is 11.3 Å². The third kappa shape index (κ3) is 2.49. The van der Waals surface area contributed by atoms with Crippen molar-refractivity contribution >= 4 is 28.8 Å². The molecule has 2 atom stereocenters. The van der Waals surface area contributed by atoms with Crippen LogP contribution < -0.4 is 5.32 Å². The van der Waals surface area contributed by atoms with E-state index in [-0.39, 0.29) is 11.9 Å². The summed E-state index contributed by atoms with van der Waals surface area (Å²) in [6.45, 7) is 7.67. The average molecular weight is 273 g/mol. The second-order valence-corrected chi connectivity index (χ2v) is 5.94. The molecule has 1 N–H and O–H groups in total. The minimum absolute atomic E-state index is 0.0638. The quantitative estimate of drug-likeness (QED) is 0.852. The molecule has 2 rings (SSSR count). The van der Waals surface area contributed by atoms with E-state index in [0.717, 1.165) is 18.7 Å². The second-order valence-electron chi connectivity index (χ2n) is 4.68. The third-order valence-corrected chi connectivity index (χ3v) is 4.80. The summed E-state index contributed by atoms with van der Waals surface area (Å²) in [7, 11) is 0. The monoisotopic (exact) mass is 272 g/mol. The largest absolute Gasteiger partial charge is 0.332 e. The van der Waals surface area contributed by atoms with Crippen molar-refractivity contribution in [3.05, 3.63) is 20.8 Å². The van der Waals surface area contributed by atoms with Crippen molar-refractivity contribution in [3.63, 3.8) is 0 Å². The summed E-state index contributed by atoms with van der Waals surface area (Å²) in [5, 5.41) is 5.91. The smallest absolute Gasteiger partial charge is 0.265 e. The number of amides is 1. The molecular formula is C12H17ClN2OS. The normalized spacial score (nSPS) is 25.1. The van der Waals surface area contributed by atoms with Crippen LogP contribution in [0.5, 0.6) is 0 Å². The van der Waals surface area contributed by atoms with Gasteiger partial charge < -0.3 is 10.2 Å². The van der Waals surface area contributed by atoms with Crippen LogP contribution >= 0.6 is 22.9 Å². The summed E-state index contributed by atoms with van der Waals surface area (Å²) in [6.07, 6.45) is 0. The van der Waals surface area contributed by atoms with Gasteiger partial charge in [-0.3, -0.25) is 4.79 Å². The van der Waals surface area contributed by atoms with Gasteiger partial charge in [-0.1, -0.05) is 11.6 Å². The molecule has 17 heavy (non-hydrogen) atoms. The molecule has 0 saturated carbocycles. The maximum atomic E-state index is 12.4. The van der Waals surface area contributed by atoms with Gasteiger partial charge >= 0.3 is 0 Å². The van der Waals surface area contributed by atoms with Gasteiger partial charge in [0.1, 0.15) is 4.88 Å². The lowest BCUT2D eigenvalue weighted by Crippen LogP contribution is -2.56. The van der Waals surface area contributed by atoms with Crippen molar-refractivity contribution in [3.8, 4) is 0 Å². The van der Waals surface area contributed by atoms with Crippen LogP contribution in [0, 0.1) is 6.92 Å². The zero-order chi connectivity index (χ0) is 12.6. The van der Waals surface area contributed by atoms with Crippen molar-refractivity contribution in [2.75, 3.05) is 13.1 Å². The number of carbonyl (C=O) groups excluding carboxylic acids is 1. The zero-order valence-electron chi connectivity index (χ0n) is 10.3. The summed E-state index contributed by atoms with van der Waals surface area (Å²) < 4.78 is 0. The van der Waals surface area contributed by atoms with E-state index in [9.17, 15) is 4.79 Å². The van der Waals surface area contributed by atoms with Crippen molar-refractivity contribution in [1.82, 2.24) is 10.2 Å². The molecule has 1 fully saturated rings. The van der Waals surface area contributed by atoms with Gasteiger partial charge in [0.15, 0.2) is 0 Å². The maximum Gasteiger partial charge on any atom is 0.265 e. The molecule has 1 amide bonds. The van der Waals surface area contributed by atoms with Gasteiger partial charge in [0.25, 0.3) is 5.91 Å². The number of nitrogens with one attached hydrogen (secondary N) is 1. The van der Waals surface area contributed by atoms with Crippen LogP contribution in [0.1, 0.15) is 29.1 Å². The van der Waals surface area contributed by atoms with Gasteiger partial charge in [-0.05, 0) is 31.7 Å². The number of hydrogen-bond donors (Lipinski definition) is 1. The van der Waals surface area contributed by atoms with Crippen LogP contribution in [-0.4, -0.2) is 36.0 Å². The molecule has 1 aromatic heterocycles. The molecule has 1 aliphatic rings. The van der Waals surface area contributed by atoms with E-state index in [0.29, 0.717) is 15.9 Å². The Hall–Kier alpha value is -0.580. The molecule has 0 aromatic carbocycles. The lowest BCUT2D eigenvalue weighted by molar-refractivity contribution is 0.0621. The number of carbonyl (C=O) groups is 1. The molecule has 0 bridgehead atoms. The first-order valence-electron chi connectivity index (χ1n) is 5.78.